The summed E-state index contributed by atoms with van der Waals surface area (Å²) in [7, 11) is 0. The second kappa shape index (κ2) is 8.46. The molecular formula is C18H26N2O4. The van der Waals surface area contributed by atoms with Crippen molar-refractivity contribution in [3.05, 3.63) is 29.8 Å². The number of anilines is 1. The molecule has 0 radical (unpaired) electrons. The Bertz CT molecular complexity index is 546. The van der Waals surface area contributed by atoms with Gasteiger partial charge in [0.1, 0.15) is 0 Å². The van der Waals surface area contributed by atoms with E-state index in [1.165, 1.54) is 11.3 Å². The summed E-state index contributed by atoms with van der Waals surface area (Å²) in [5.74, 6) is 0.133. The fourth-order valence-corrected chi connectivity index (χ4v) is 3.29. The molecule has 0 aliphatic carbocycles. The SMILES string of the molecule is O=C(CCc1ccccc1N1CCOCC1)N1CCOC(CO)C1. The van der Waals surface area contributed by atoms with E-state index < -0.39 is 0 Å². The smallest absolute Gasteiger partial charge is 0.223 e. The molecule has 0 aromatic heterocycles. The van der Waals surface area contributed by atoms with Crippen molar-refractivity contribution in [1.29, 1.82) is 0 Å². The zero-order valence-corrected chi connectivity index (χ0v) is 14.0. The van der Waals surface area contributed by atoms with E-state index in [1.54, 1.807) is 0 Å². The van der Waals surface area contributed by atoms with Crippen molar-refractivity contribution in [2.45, 2.75) is 18.9 Å². The van der Waals surface area contributed by atoms with Crippen molar-refractivity contribution in [3.63, 3.8) is 0 Å². The number of carbonyl (C=O) groups is 1. The van der Waals surface area contributed by atoms with Crippen molar-refractivity contribution in [2.75, 3.05) is 57.5 Å². The first kappa shape index (κ1) is 17.2. The zero-order chi connectivity index (χ0) is 16.8. The molecule has 0 spiro atoms. The molecule has 1 N–H and O–H groups in total. The van der Waals surface area contributed by atoms with E-state index in [9.17, 15) is 9.90 Å². The lowest BCUT2D eigenvalue weighted by Crippen LogP contribution is -2.47. The molecule has 1 atom stereocenters. The van der Waals surface area contributed by atoms with Gasteiger partial charge in [-0.1, -0.05) is 18.2 Å². The highest BCUT2D eigenvalue weighted by Crippen LogP contribution is 2.23. The van der Waals surface area contributed by atoms with Crippen molar-refractivity contribution in [1.82, 2.24) is 4.90 Å². The Hall–Kier alpha value is -1.63. The maximum Gasteiger partial charge on any atom is 0.223 e. The van der Waals surface area contributed by atoms with Crippen LogP contribution in [0.2, 0.25) is 0 Å². The number of nitrogens with zero attached hydrogens (tertiary/aromatic N) is 2. The van der Waals surface area contributed by atoms with Crippen LogP contribution in [0.5, 0.6) is 0 Å². The Morgan fingerprint density at radius 3 is 2.75 bits per heavy atom. The molecule has 24 heavy (non-hydrogen) atoms. The number of amides is 1. The standard InChI is InChI=1S/C18H26N2O4/c21-14-16-13-20(9-12-24-16)18(22)6-5-15-3-1-2-4-17(15)19-7-10-23-11-8-19/h1-4,16,21H,5-14H2. The summed E-state index contributed by atoms with van der Waals surface area (Å²) in [6.07, 6.45) is 0.968. The predicted molar refractivity (Wildman–Crippen MR) is 91.2 cm³/mol. The van der Waals surface area contributed by atoms with Crippen molar-refractivity contribution >= 4 is 11.6 Å². The molecule has 132 valence electrons. The van der Waals surface area contributed by atoms with Crippen molar-refractivity contribution in [2.24, 2.45) is 0 Å². The molecule has 1 unspecified atom stereocenters. The molecule has 1 amide bonds. The zero-order valence-electron chi connectivity index (χ0n) is 14.0. The molecule has 0 bridgehead atoms. The van der Waals surface area contributed by atoms with Gasteiger partial charge in [0.05, 0.1) is 32.5 Å². The van der Waals surface area contributed by atoms with Crippen LogP contribution in [0.4, 0.5) is 5.69 Å². The number of aryl methyl sites for hydroxylation is 1. The van der Waals surface area contributed by atoms with Crippen LogP contribution < -0.4 is 4.90 Å². The van der Waals surface area contributed by atoms with E-state index in [-0.39, 0.29) is 18.6 Å². The molecule has 2 aliphatic heterocycles. The molecule has 2 fully saturated rings. The lowest BCUT2D eigenvalue weighted by Gasteiger charge is -2.32. The predicted octanol–water partition coefficient (Wildman–Crippen LogP) is 0.675. The van der Waals surface area contributed by atoms with Gasteiger partial charge in [0.25, 0.3) is 0 Å². The number of ether oxygens (including phenoxy) is 2. The van der Waals surface area contributed by atoms with E-state index in [0.717, 1.165) is 32.7 Å². The maximum atomic E-state index is 12.5. The van der Waals surface area contributed by atoms with Crippen LogP contribution in [0.15, 0.2) is 24.3 Å². The molecule has 1 aromatic carbocycles. The first-order chi connectivity index (χ1) is 11.8. The molecule has 1 aromatic rings. The quantitative estimate of drug-likeness (QED) is 0.858. The molecule has 2 aliphatic rings. The summed E-state index contributed by atoms with van der Waals surface area (Å²) < 4.78 is 10.8. The Labute approximate surface area is 143 Å². The summed E-state index contributed by atoms with van der Waals surface area (Å²) in [6, 6.07) is 8.31. The van der Waals surface area contributed by atoms with E-state index in [1.807, 2.05) is 17.0 Å². The van der Waals surface area contributed by atoms with Gasteiger partial charge in [-0.3, -0.25) is 4.79 Å². The third-order valence-electron chi connectivity index (χ3n) is 4.65. The minimum atomic E-state index is -0.247. The number of aliphatic hydroxyl groups excluding tert-OH is 1. The summed E-state index contributed by atoms with van der Waals surface area (Å²) >= 11 is 0. The third-order valence-corrected chi connectivity index (χ3v) is 4.65. The minimum Gasteiger partial charge on any atom is -0.394 e. The highest BCUT2D eigenvalue weighted by Gasteiger charge is 2.23. The largest absolute Gasteiger partial charge is 0.394 e. The van der Waals surface area contributed by atoms with Gasteiger partial charge in [-0.2, -0.15) is 0 Å². The number of benzene rings is 1. The second-order valence-electron chi connectivity index (χ2n) is 6.24. The van der Waals surface area contributed by atoms with Gasteiger partial charge in [0.2, 0.25) is 5.91 Å². The summed E-state index contributed by atoms with van der Waals surface area (Å²) in [6.45, 7) is 4.86. The fraction of sp³-hybridized carbons (Fsp3) is 0.611. The number of morpholine rings is 2. The molecule has 0 saturated carbocycles. The number of hydrogen-bond donors (Lipinski definition) is 1. The first-order valence-electron chi connectivity index (χ1n) is 8.69. The summed E-state index contributed by atoms with van der Waals surface area (Å²) in [5.41, 5.74) is 2.42. The Balaban J connectivity index is 1.59. The molecule has 6 heteroatoms. The Morgan fingerprint density at radius 2 is 1.96 bits per heavy atom. The van der Waals surface area contributed by atoms with Crippen LogP contribution in [0.3, 0.4) is 0 Å². The van der Waals surface area contributed by atoms with E-state index in [2.05, 4.69) is 17.0 Å². The number of hydrogen-bond acceptors (Lipinski definition) is 5. The summed E-state index contributed by atoms with van der Waals surface area (Å²) in [4.78, 5) is 16.6. The van der Waals surface area contributed by atoms with Gasteiger partial charge >= 0.3 is 0 Å². The van der Waals surface area contributed by atoms with Gasteiger partial charge < -0.3 is 24.4 Å². The highest BCUT2D eigenvalue weighted by molar-refractivity contribution is 5.77. The van der Waals surface area contributed by atoms with Crippen LogP contribution in [0.25, 0.3) is 0 Å². The van der Waals surface area contributed by atoms with Crippen LogP contribution in [0.1, 0.15) is 12.0 Å². The van der Waals surface area contributed by atoms with Crippen molar-refractivity contribution < 1.29 is 19.4 Å². The van der Waals surface area contributed by atoms with Gasteiger partial charge in [-0.25, -0.2) is 0 Å². The van der Waals surface area contributed by atoms with E-state index in [4.69, 9.17) is 9.47 Å². The number of aliphatic hydroxyl groups is 1. The lowest BCUT2D eigenvalue weighted by atomic mass is 10.1. The lowest BCUT2D eigenvalue weighted by molar-refractivity contribution is -0.140. The van der Waals surface area contributed by atoms with Gasteiger partial charge in [-0.05, 0) is 18.1 Å². The third kappa shape index (κ3) is 4.26. The molecule has 6 nitrogen and oxygen atoms in total. The second-order valence-corrected chi connectivity index (χ2v) is 6.24. The highest BCUT2D eigenvalue weighted by atomic mass is 16.5. The molecule has 2 heterocycles. The monoisotopic (exact) mass is 334 g/mol. The van der Waals surface area contributed by atoms with Crippen LogP contribution in [-0.4, -0.2) is 74.6 Å². The number of carbonyl (C=O) groups excluding carboxylic acids is 1. The summed E-state index contributed by atoms with van der Waals surface area (Å²) in [5, 5.41) is 9.20. The Morgan fingerprint density at radius 1 is 1.17 bits per heavy atom. The van der Waals surface area contributed by atoms with Crippen LogP contribution >= 0.6 is 0 Å². The minimum absolute atomic E-state index is 0.0381. The molecule has 3 rings (SSSR count). The maximum absolute atomic E-state index is 12.5. The van der Waals surface area contributed by atoms with Gasteiger partial charge in [-0.15, -0.1) is 0 Å². The van der Waals surface area contributed by atoms with E-state index in [0.29, 0.717) is 26.1 Å². The Kier molecular flexibility index (Phi) is 6.07. The topological polar surface area (TPSA) is 62.2 Å². The number of rotatable bonds is 5. The normalized spacial score (nSPS) is 21.8. The molecular weight excluding hydrogens is 308 g/mol. The average Bonchev–Trinajstić information content (AvgIpc) is 2.67. The van der Waals surface area contributed by atoms with Gasteiger partial charge in [0.15, 0.2) is 0 Å². The van der Waals surface area contributed by atoms with E-state index >= 15 is 0 Å². The van der Waals surface area contributed by atoms with Crippen LogP contribution in [-0.2, 0) is 20.7 Å². The van der Waals surface area contributed by atoms with Gasteiger partial charge in [0, 0.05) is 38.3 Å². The number of para-hydroxylation sites is 1. The average molecular weight is 334 g/mol. The van der Waals surface area contributed by atoms with Crippen LogP contribution in [0, 0.1) is 0 Å². The fourth-order valence-electron chi connectivity index (χ4n) is 3.29. The van der Waals surface area contributed by atoms with Crippen molar-refractivity contribution in [3.8, 4) is 0 Å². The molecule has 2 saturated heterocycles. The first-order valence-corrected chi connectivity index (χ1v) is 8.69.